The molecule has 1 aliphatic heterocycles. The van der Waals surface area contributed by atoms with Crippen LogP contribution in [0.1, 0.15) is 37.0 Å². The van der Waals surface area contributed by atoms with Crippen LogP contribution in [0.25, 0.3) is 0 Å². The SMILES string of the molecule is CC(=O)NCC(=O)N1CCCCNC(=O)c2cc(Cl)ccc2OC[C@H](C)NC(=O)C1. The molecule has 0 spiro atoms. The summed E-state index contributed by atoms with van der Waals surface area (Å²) in [6.45, 7) is 3.63. The van der Waals surface area contributed by atoms with Crippen molar-refractivity contribution in [2.24, 2.45) is 0 Å². The number of hydrogen-bond donors (Lipinski definition) is 3. The van der Waals surface area contributed by atoms with Crippen LogP contribution in [0.4, 0.5) is 0 Å². The molecule has 0 bridgehead atoms. The molecule has 9 nitrogen and oxygen atoms in total. The molecule has 1 atom stereocenters. The summed E-state index contributed by atoms with van der Waals surface area (Å²) >= 11 is 6.02. The van der Waals surface area contributed by atoms with Crippen LogP contribution in [0.3, 0.4) is 0 Å². The molecule has 0 saturated carbocycles. The van der Waals surface area contributed by atoms with Crippen LogP contribution in [-0.2, 0) is 14.4 Å². The number of nitrogens with zero attached hydrogens (tertiary/aromatic N) is 1. The van der Waals surface area contributed by atoms with Crippen molar-refractivity contribution in [2.75, 3.05) is 32.8 Å². The first-order valence-corrected chi connectivity index (χ1v) is 10.2. The van der Waals surface area contributed by atoms with Gasteiger partial charge in [0.1, 0.15) is 12.4 Å². The average Bonchev–Trinajstić information content (AvgIpc) is 2.69. The van der Waals surface area contributed by atoms with Gasteiger partial charge in [-0.15, -0.1) is 0 Å². The normalized spacial score (nSPS) is 18.6. The second kappa shape index (κ2) is 11.4. The van der Waals surface area contributed by atoms with Crippen molar-refractivity contribution in [3.8, 4) is 5.75 Å². The zero-order chi connectivity index (χ0) is 22.1. The molecule has 1 aromatic rings. The van der Waals surface area contributed by atoms with Crippen molar-refractivity contribution in [3.63, 3.8) is 0 Å². The molecule has 0 radical (unpaired) electrons. The number of carbonyl (C=O) groups is 4. The molecule has 0 aliphatic carbocycles. The van der Waals surface area contributed by atoms with Crippen LogP contribution in [0.5, 0.6) is 5.75 Å². The first-order valence-electron chi connectivity index (χ1n) is 9.78. The monoisotopic (exact) mass is 438 g/mol. The van der Waals surface area contributed by atoms with E-state index in [9.17, 15) is 19.2 Å². The van der Waals surface area contributed by atoms with Crippen molar-refractivity contribution < 1.29 is 23.9 Å². The molecule has 0 aromatic heterocycles. The first-order chi connectivity index (χ1) is 14.3. The Balaban J connectivity index is 2.11. The Labute approximate surface area is 180 Å². The highest BCUT2D eigenvalue weighted by molar-refractivity contribution is 6.31. The van der Waals surface area contributed by atoms with Gasteiger partial charge in [0.15, 0.2) is 0 Å². The van der Waals surface area contributed by atoms with E-state index >= 15 is 0 Å². The Morgan fingerprint density at radius 2 is 2.07 bits per heavy atom. The van der Waals surface area contributed by atoms with Crippen LogP contribution in [0.2, 0.25) is 5.02 Å². The minimum absolute atomic E-state index is 0.124. The number of halogens is 1. The second-order valence-electron chi connectivity index (χ2n) is 7.11. The van der Waals surface area contributed by atoms with Crippen LogP contribution >= 0.6 is 11.6 Å². The molecule has 0 fully saturated rings. The lowest BCUT2D eigenvalue weighted by Crippen LogP contribution is -2.47. The maximum absolute atomic E-state index is 12.5. The molecule has 1 heterocycles. The van der Waals surface area contributed by atoms with Crippen LogP contribution in [0, 0.1) is 0 Å². The minimum atomic E-state index is -0.360. The Bertz CT molecular complexity index is 801. The van der Waals surface area contributed by atoms with Crippen molar-refractivity contribution in [2.45, 2.75) is 32.7 Å². The number of hydrogen-bond acceptors (Lipinski definition) is 5. The maximum atomic E-state index is 12.5. The van der Waals surface area contributed by atoms with Gasteiger partial charge in [-0.1, -0.05) is 11.6 Å². The Morgan fingerprint density at radius 1 is 1.30 bits per heavy atom. The van der Waals surface area contributed by atoms with Crippen LogP contribution < -0.4 is 20.7 Å². The van der Waals surface area contributed by atoms with Crippen molar-refractivity contribution in [3.05, 3.63) is 28.8 Å². The third-order valence-corrected chi connectivity index (χ3v) is 4.63. The van der Waals surface area contributed by atoms with Gasteiger partial charge in [-0.25, -0.2) is 0 Å². The van der Waals surface area contributed by atoms with Gasteiger partial charge in [0.25, 0.3) is 5.91 Å². The van der Waals surface area contributed by atoms with Gasteiger partial charge in [-0.3, -0.25) is 19.2 Å². The Hall–Kier alpha value is -2.81. The number of amides is 4. The predicted molar refractivity (Wildman–Crippen MR) is 111 cm³/mol. The van der Waals surface area contributed by atoms with E-state index in [4.69, 9.17) is 16.3 Å². The van der Waals surface area contributed by atoms with Crippen molar-refractivity contribution in [1.82, 2.24) is 20.9 Å². The van der Waals surface area contributed by atoms with E-state index < -0.39 is 0 Å². The fourth-order valence-electron chi connectivity index (χ4n) is 2.88. The molecule has 30 heavy (non-hydrogen) atoms. The van der Waals surface area contributed by atoms with E-state index in [1.54, 1.807) is 19.1 Å². The van der Waals surface area contributed by atoms with Crippen molar-refractivity contribution >= 4 is 35.2 Å². The number of fused-ring (bicyclic) bond motifs is 1. The summed E-state index contributed by atoms with van der Waals surface area (Å²) in [5, 5.41) is 8.47. The molecule has 0 unspecified atom stereocenters. The Kier molecular flexibility index (Phi) is 8.91. The third-order valence-electron chi connectivity index (χ3n) is 4.40. The van der Waals surface area contributed by atoms with Crippen LogP contribution in [0.15, 0.2) is 18.2 Å². The summed E-state index contributed by atoms with van der Waals surface area (Å²) in [4.78, 5) is 49.8. The van der Waals surface area contributed by atoms with E-state index in [-0.39, 0.29) is 49.4 Å². The number of nitrogens with one attached hydrogen (secondary N) is 3. The molecule has 3 N–H and O–H groups in total. The van der Waals surface area contributed by atoms with E-state index in [0.717, 1.165) is 0 Å². The number of benzene rings is 1. The standard InChI is InChI=1S/C20H27ClN4O5/c1-13-12-30-17-6-5-15(21)9-16(17)20(29)22-7-3-4-8-25(11-18(27)24-13)19(28)10-23-14(2)26/h5-6,9,13H,3-4,7-8,10-12H2,1-2H3,(H,22,29)(H,23,26)(H,24,27)/t13-/m0/s1. The largest absolute Gasteiger partial charge is 0.491 e. The molecule has 2 rings (SSSR count). The van der Waals surface area contributed by atoms with Gasteiger partial charge in [0.2, 0.25) is 17.7 Å². The summed E-state index contributed by atoms with van der Waals surface area (Å²) in [5.41, 5.74) is 0.322. The number of ether oxygens (including phenoxy) is 1. The van der Waals surface area contributed by atoms with E-state index in [0.29, 0.717) is 42.3 Å². The highest BCUT2D eigenvalue weighted by atomic mass is 35.5. The summed E-state index contributed by atoms with van der Waals surface area (Å²) in [7, 11) is 0. The van der Waals surface area contributed by atoms with Gasteiger partial charge in [-0.2, -0.15) is 0 Å². The minimum Gasteiger partial charge on any atom is -0.491 e. The number of carbonyl (C=O) groups excluding carboxylic acids is 4. The molecule has 164 valence electrons. The van der Waals surface area contributed by atoms with Crippen molar-refractivity contribution in [1.29, 1.82) is 0 Å². The molecular weight excluding hydrogens is 412 g/mol. The lowest BCUT2D eigenvalue weighted by Gasteiger charge is -2.23. The summed E-state index contributed by atoms with van der Waals surface area (Å²) in [6.07, 6.45) is 1.18. The highest BCUT2D eigenvalue weighted by Crippen LogP contribution is 2.23. The quantitative estimate of drug-likeness (QED) is 0.628. The summed E-state index contributed by atoms with van der Waals surface area (Å²) < 4.78 is 5.73. The highest BCUT2D eigenvalue weighted by Gasteiger charge is 2.20. The first kappa shape index (κ1) is 23.5. The topological polar surface area (TPSA) is 117 Å². The zero-order valence-corrected chi connectivity index (χ0v) is 17.9. The molecular formula is C20H27ClN4O5. The van der Waals surface area contributed by atoms with E-state index in [2.05, 4.69) is 16.0 Å². The Morgan fingerprint density at radius 3 is 2.80 bits per heavy atom. The second-order valence-corrected chi connectivity index (χ2v) is 7.54. The predicted octanol–water partition coefficient (Wildman–Crippen LogP) is 0.712. The van der Waals surface area contributed by atoms with Gasteiger partial charge < -0.3 is 25.6 Å². The molecule has 1 aliphatic rings. The molecule has 4 amide bonds. The molecule has 0 saturated heterocycles. The summed E-state index contributed by atoms with van der Waals surface area (Å²) in [6, 6.07) is 4.42. The smallest absolute Gasteiger partial charge is 0.255 e. The van der Waals surface area contributed by atoms with Gasteiger partial charge in [-0.05, 0) is 38.0 Å². The van der Waals surface area contributed by atoms with E-state index in [1.165, 1.54) is 17.9 Å². The van der Waals surface area contributed by atoms with Gasteiger partial charge >= 0.3 is 0 Å². The zero-order valence-electron chi connectivity index (χ0n) is 17.1. The lowest BCUT2D eigenvalue weighted by molar-refractivity contribution is -0.136. The summed E-state index contributed by atoms with van der Waals surface area (Å²) in [5.74, 6) is -0.931. The average molecular weight is 439 g/mol. The van der Waals surface area contributed by atoms with Gasteiger partial charge in [0.05, 0.1) is 24.7 Å². The molecule has 10 heteroatoms. The number of rotatable bonds is 2. The van der Waals surface area contributed by atoms with Crippen LogP contribution in [-0.4, -0.2) is 67.4 Å². The molecule has 1 aromatic carbocycles. The fraction of sp³-hybridized carbons (Fsp3) is 0.500. The van der Waals surface area contributed by atoms with E-state index in [1.807, 2.05) is 0 Å². The maximum Gasteiger partial charge on any atom is 0.255 e. The van der Waals surface area contributed by atoms with Gasteiger partial charge in [0, 0.05) is 25.0 Å². The third kappa shape index (κ3) is 7.55. The lowest BCUT2D eigenvalue weighted by atomic mass is 10.2. The fourth-order valence-corrected chi connectivity index (χ4v) is 3.06.